The average Bonchev–Trinajstić information content (AvgIpc) is 1.94. The van der Waals surface area contributed by atoms with E-state index in [0.29, 0.717) is 12.1 Å². The van der Waals surface area contributed by atoms with Gasteiger partial charge in [0.15, 0.2) is 0 Å². The van der Waals surface area contributed by atoms with Crippen molar-refractivity contribution < 1.29 is 0 Å². The summed E-state index contributed by atoms with van der Waals surface area (Å²) < 4.78 is 0. The summed E-state index contributed by atoms with van der Waals surface area (Å²) in [6, 6.07) is 1.16. The first-order chi connectivity index (χ1) is 5.33. The minimum atomic E-state index is 0.460. The van der Waals surface area contributed by atoms with Crippen LogP contribution in [0.15, 0.2) is 0 Å². The van der Waals surface area contributed by atoms with Crippen molar-refractivity contribution in [3.63, 3.8) is 0 Å². The second-order valence-electron chi connectivity index (χ2n) is 3.38. The normalized spacial score (nSPS) is 30.0. The van der Waals surface area contributed by atoms with E-state index in [1.807, 2.05) is 0 Å². The Labute approximate surface area is 68.5 Å². The van der Waals surface area contributed by atoms with Gasteiger partial charge >= 0.3 is 0 Å². The molecule has 0 aromatic rings. The number of hydrogen-bond donors (Lipinski definition) is 3. The van der Waals surface area contributed by atoms with E-state index in [9.17, 15) is 0 Å². The van der Waals surface area contributed by atoms with Gasteiger partial charge in [0.25, 0.3) is 0 Å². The summed E-state index contributed by atoms with van der Waals surface area (Å²) >= 11 is 0. The second-order valence-corrected chi connectivity index (χ2v) is 3.38. The molecule has 0 heterocycles. The molecule has 3 heteroatoms. The lowest BCUT2D eigenvalue weighted by Gasteiger charge is -2.33. The van der Waals surface area contributed by atoms with E-state index in [-0.39, 0.29) is 0 Å². The molecule has 0 unspecified atom stereocenters. The van der Waals surface area contributed by atoms with Crippen LogP contribution in [0.3, 0.4) is 0 Å². The number of nitrogens with one attached hydrogen (secondary N) is 1. The molecule has 66 valence electrons. The molecule has 1 aliphatic carbocycles. The molecule has 0 aromatic heterocycles. The van der Waals surface area contributed by atoms with Crippen molar-refractivity contribution in [2.45, 2.75) is 37.8 Å². The van der Waals surface area contributed by atoms with Crippen LogP contribution in [0.4, 0.5) is 0 Å². The smallest absolute Gasteiger partial charge is 0.00965 e. The molecule has 1 saturated carbocycles. The Kier molecular flexibility index (Phi) is 3.83. The van der Waals surface area contributed by atoms with E-state index < -0.39 is 0 Å². The lowest BCUT2D eigenvalue weighted by atomic mass is 9.87. The van der Waals surface area contributed by atoms with Crippen LogP contribution in [-0.4, -0.2) is 25.2 Å². The number of rotatable bonds is 5. The molecule has 0 saturated heterocycles. The van der Waals surface area contributed by atoms with Gasteiger partial charge in [-0.25, -0.2) is 0 Å². The summed E-state index contributed by atoms with van der Waals surface area (Å²) in [5.41, 5.74) is 11.0. The van der Waals surface area contributed by atoms with Gasteiger partial charge in [0.2, 0.25) is 0 Å². The van der Waals surface area contributed by atoms with Crippen molar-refractivity contribution in [2.75, 3.05) is 13.1 Å². The molecule has 3 nitrogen and oxygen atoms in total. The largest absolute Gasteiger partial charge is 0.330 e. The van der Waals surface area contributed by atoms with Gasteiger partial charge in [0.05, 0.1) is 0 Å². The van der Waals surface area contributed by atoms with Crippen LogP contribution in [0.2, 0.25) is 0 Å². The molecule has 0 amide bonds. The molecular formula is C8H19N3. The summed E-state index contributed by atoms with van der Waals surface area (Å²) in [6.45, 7) is 1.92. The van der Waals surface area contributed by atoms with Crippen LogP contribution in [-0.2, 0) is 0 Å². The molecule has 0 aromatic carbocycles. The van der Waals surface area contributed by atoms with Gasteiger partial charge < -0.3 is 16.8 Å². The summed E-state index contributed by atoms with van der Waals surface area (Å²) in [5.74, 6) is 0. The highest BCUT2D eigenvalue weighted by atomic mass is 14.9. The molecule has 1 rings (SSSR count). The summed E-state index contributed by atoms with van der Waals surface area (Å²) in [5, 5.41) is 3.45. The fourth-order valence-corrected chi connectivity index (χ4v) is 1.40. The average molecular weight is 157 g/mol. The van der Waals surface area contributed by atoms with Gasteiger partial charge in [-0.3, -0.25) is 0 Å². The van der Waals surface area contributed by atoms with E-state index in [2.05, 4.69) is 5.32 Å². The maximum atomic E-state index is 5.64. The van der Waals surface area contributed by atoms with Gasteiger partial charge in [-0.1, -0.05) is 0 Å². The van der Waals surface area contributed by atoms with Crippen LogP contribution in [0.25, 0.3) is 0 Å². The van der Waals surface area contributed by atoms with Crippen molar-refractivity contribution in [1.82, 2.24) is 5.32 Å². The third kappa shape index (κ3) is 3.18. The van der Waals surface area contributed by atoms with Crippen molar-refractivity contribution >= 4 is 0 Å². The topological polar surface area (TPSA) is 64.1 Å². The second kappa shape index (κ2) is 4.70. The molecule has 1 fully saturated rings. The predicted octanol–water partition coefficient (Wildman–Crippen LogP) is -0.195. The first kappa shape index (κ1) is 8.97. The minimum absolute atomic E-state index is 0.460. The number of hydrogen-bond acceptors (Lipinski definition) is 3. The molecular weight excluding hydrogens is 138 g/mol. The zero-order chi connectivity index (χ0) is 8.10. The predicted molar refractivity (Wildman–Crippen MR) is 47.3 cm³/mol. The van der Waals surface area contributed by atoms with Gasteiger partial charge in [0.1, 0.15) is 0 Å². The summed E-state index contributed by atoms with van der Waals surface area (Å²) in [7, 11) is 0. The van der Waals surface area contributed by atoms with E-state index in [4.69, 9.17) is 11.5 Å². The van der Waals surface area contributed by atoms with E-state index in [1.54, 1.807) is 0 Å². The molecule has 1 aliphatic rings. The van der Waals surface area contributed by atoms with E-state index in [0.717, 1.165) is 32.4 Å². The van der Waals surface area contributed by atoms with E-state index in [1.165, 1.54) is 6.42 Å². The van der Waals surface area contributed by atoms with Crippen LogP contribution < -0.4 is 16.8 Å². The fourth-order valence-electron chi connectivity index (χ4n) is 1.40. The molecule has 0 bridgehead atoms. The van der Waals surface area contributed by atoms with Gasteiger partial charge in [0, 0.05) is 12.1 Å². The fraction of sp³-hybridized carbons (Fsp3) is 1.00. The Morgan fingerprint density at radius 3 is 2.55 bits per heavy atom. The quantitative estimate of drug-likeness (QED) is 0.484. The Hall–Kier alpha value is -0.120. The van der Waals surface area contributed by atoms with E-state index >= 15 is 0 Å². The highest BCUT2D eigenvalue weighted by molar-refractivity contribution is 4.87. The molecule has 11 heavy (non-hydrogen) atoms. The van der Waals surface area contributed by atoms with Gasteiger partial charge in [-0.2, -0.15) is 0 Å². The molecule has 0 atom stereocenters. The van der Waals surface area contributed by atoms with Crippen LogP contribution in [0.5, 0.6) is 0 Å². The zero-order valence-electron chi connectivity index (χ0n) is 7.05. The molecule has 5 N–H and O–H groups in total. The summed E-state index contributed by atoms with van der Waals surface area (Å²) in [4.78, 5) is 0. The molecule has 0 spiro atoms. The Balaban J connectivity index is 1.81. The first-order valence-electron chi connectivity index (χ1n) is 4.52. The Bertz CT molecular complexity index is 99.5. The van der Waals surface area contributed by atoms with Gasteiger partial charge in [-0.05, 0) is 38.8 Å². The van der Waals surface area contributed by atoms with Crippen molar-refractivity contribution in [3.05, 3.63) is 0 Å². The van der Waals surface area contributed by atoms with Crippen molar-refractivity contribution in [3.8, 4) is 0 Å². The minimum Gasteiger partial charge on any atom is -0.330 e. The highest BCUT2D eigenvalue weighted by Crippen LogP contribution is 2.16. The maximum absolute atomic E-state index is 5.64. The first-order valence-corrected chi connectivity index (χ1v) is 4.52. The number of unbranched alkanes of at least 4 members (excludes halogenated alkanes) is 1. The van der Waals surface area contributed by atoms with Crippen LogP contribution >= 0.6 is 0 Å². The highest BCUT2D eigenvalue weighted by Gasteiger charge is 2.24. The molecule has 0 aliphatic heterocycles. The monoisotopic (exact) mass is 157 g/mol. The lowest BCUT2D eigenvalue weighted by molar-refractivity contribution is 0.291. The Morgan fingerprint density at radius 1 is 1.27 bits per heavy atom. The maximum Gasteiger partial charge on any atom is 0.00965 e. The SMILES string of the molecule is NCCCCNC1CC(N)C1. The standard InChI is InChI=1S/C8H19N3/c9-3-1-2-4-11-8-5-7(10)6-8/h7-8,11H,1-6,9-10H2. The van der Waals surface area contributed by atoms with Crippen LogP contribution in [0, 0.1) is 0 Å². The zero-order valence-corrected chi connectivity index (χ0v) is 7.05. The van der Waals surface area contributed by atoms with Crippen LogP contribution in [0.1, 0.15) is 25.7 Å². The van der Waals surface area contributed by atoms with Crippen molar-refractivity contribution in [1.29, 1.82) is 0 Å². The third-order valence-corrected chi connectivity index (χ3v) is 2.24. The molecule has 0 radical (unpaired) electrons. The van der Waals surface area contributed by atoms with Gasteiger partial charge in [-0.15, -0.1) is 0 Å². The lowest BCUT2D eigenvalue weighted by Crippen LogP contribution is -2.48. The third-order valence-electron chi connectivity index (χ3n) is 2.24. The van der Waals surface area contributed by atoms with Crippen molar-refractivity contribution in [2.24, 2.45) is 11.5 Å². The number of nitrogens with two attached hydrogens (primary N) is 2. The Morgan fingerprint density at radius 2 is 2.00 bits per heavy atom. The summed E-state index contributed by atoms with van der Waals surface area (Å²) in [6.07, 6.45) is 4.64.